The molecule has 2 aromatic carbocycles. The van der Waals surface area contributed by atoms with E-state index in [1.165, 1.54) is 24.3 Å². The van der Waals surface area contributed by atoms with Crippen LogP contribution in [0.2, 0.25) is 0 Å². The Labute approximate surface area is 154 Å². The van der Waals surface area contributed by atoms with E-state index in [2.05, 4.69) is 0 Å². The van der Waals surface area contributed by atoms with Gasteiger partial charge in [-0.05, 0) is 43.3 Å². The van der Waals surface area contributed by atoms with Crippen molar-refractivity contribution in [1.29, 1.82) is 0 Å². The fraction of sp³-hybridized carbons (Fsp3) is 0.235. The average molecular weight is 402 g/mol. The number of anilines is 1. The lowest BCUT2D eigenvalue weighted by Gasteiger charge is -2.17. The number of carbonyl (C=O) groups excluding carboxylic acids is 1. The number of hydrogen-bond acceptors (Lipinski definition) is 4. The van der Waals surface area contributed by atoms with Crippen LogP contribution in [0, 0.1) is 17.5 Å². The second kappa shape index (κ2) is 8.40. The summed E-state index contributed by atoms with van der Waals surface area (Å²) in [4.78, 5) is 11.9. The maximum Gasteiger partial charge on any atom is 0.243 e. The number of carbonyl (C=O) groups is 1. The number of rotatable bonds is 7. The van der Waals surface area contributed by atoms with Gasteiger partial charge in [0.2, 0.25) is 15.9 Å². The Morgan fingerprint density at radius 3 is 2.30 bits per heavy atom. The predicted molar refractivity (Wildman–Crippen MR) is 92.4 cm³/mol. The summed E-state index contributed by atoms with van der Waals surface area (Å²) in [5.41, 5.74) is -0.592. The maximum absolute atomic E-state index is 13.6. The van der Waals surface area contributed by atoms with Crippen LogP contribution in [0.1, 0.15) is 6.92 Å². The van der Waals surface area contributed by atoms with Crippen LogP contribution in [-0.4, -0.2) is 38.8 Å². The van der Waals surface area contributed by atoms with Crippen molar-refractivity contribution >= 4 is 21.6 Å². The first-order chi connectivity index (χ1) is 12.7. The van der Waals surface area contributed by atoms with Crippen molar-refractivity contribution in [3.63, 3.8) is 0 Å². The molecule has 0 aliphatic carbocycles. The molecule has 0 radical (unpaired) electrons. The molecular formula is C17H17F3N2O4S. The third-order valence-corrected chi connectivity index (χ3v) is 5.34. The molecule has 6 nitrogen and oxygen atoms in total. The highest BCUT2D eigenvalue weighted by atomic mass is 32.2. The fourth-order valence-electron chi connectivity index (χ4n) is 2.15. The number of ether oxygens (including phenoxy) is 1. The number of nitrogens with one attached hydrogen (secondary N) is 1. The van der Waals surface area contributed by atoms with E-state index in [0.717, 1.165) is 17.4 Å². The molecule has 0 fully saturated rings. The molecule has 1 N–H and O–H groups in total. The Morgan fingerprint density at radius 1 is 1.07 bits per heavy atom. The second-order valence-electron chi connectivity index (χ2n) is 5.44. The molecule has 0 saturated carbocycles. The van der Waals surface area contributed by atoms with Gasteiger partial charge in [-0.1, -0.05) is 0 Å². The summed E-state index contributed by atoms with van der Waals surface area (Å²) in [6, 6.07) is 7.08. The molecular weight excluding hydrogens is 385 g/mol. The van der Waals surface area contributed by atoms with Crippen LogP contribution in [0.15, 0.2) is 41.3 Å². The summed E-state index contributed by atoms with van der Waals surface area (Å²) in [5.74, 6) is -5.13. The smallest absolute Gasteiger partial charge is 0.243 e. The zero-order chi connectivity index (χ0) is 20.2. The van der Waals surface area contributed by atoms with Crippen molar-refractivity contribution in [2.75, 3.05) is 25.5 Å². The molecule has 146 valence electrons. The second-order valence-corrected chi connectivity index (χ2v) is 7.48. The van der Waals surface area contributed by atoms with Crippen molar-refractivity contribution in [1.82, 2.24) is 4.31 Å². The number of sulfonamides is 1. The molecule has 27 heavy (non-hydrogen) atoms. The molecule has 0 heterocycles. The SMILES string of the molecule is CCOc1ccc(S(=O)(=O)N(C)CC(=O)Nc2ccc(F)c(F)c2F)cc1. The number of hydrogen-bond donors (Lipinski definition) is 1. The van der Waals surface area contributed by atoms with E-state index in [0.29, 0.717) is 18.4 Å². The van der Waals surface area contributed by atoms with E-state index in [1.807, 2.05) is 5.32 Å². The monoisotopic (exact) mass is 402 g/mol. The topological polar surface area (TPSA) is 75.7 Å². The van der Waals surface area contributed by atoms with Crippen LogP contribution in [0.5, 0.6) is 5.75 Å². The van der Waals surface area contributed by atoms with Gasteiger partial charge in [-0.3, -0.25) is 4.79 Å². The van der Waals surface area contributed by atoms with Crippen LogP contribution in [0.4, 0.5) is 18.9 Å². The van der Waals surface area contributed by atoms with Gasteiger partial charge < -0.3 is 10.1 Å². The molecule has 0 aromatic heterocycles. The lowest BCUT2D eigenvalue weighted by Crippen LogP contribution is -2.35. The molecule has 2 aromatic rings. The first-order valence-corrected chi connectivity index (χ1v) is 9.23. The Bertz CT molecular complexity index is 934. The van der Waals surface area contributed by atoms with E-state index in [9.17, 15) is 26.4 Å². The van der Waals surface area contributed by atoms with Crippen LogP contribution in [-0.2, 0) is 14.8 Å². The molecule has 0 atom stereocenters. The van der Waals surface area contributed by atoms with Gasteiger partial charge in [0.1, 0.15) is 5.75 Å². The molecule has 0 unspecified atom stereocenters. The molecule has 2 rings (SSSR count). The van der Waals surface area contributed by atoms with Crippen molar-refractivity contribution in [2.45, 2.75) is 11.8 Å². The van der Waals surface area contributed by atoms with Crippen molar-refractivity contribution < 1.29 is 31.1 Å². The van der Waals surface area contributed by atoms with Gasteiger partial charge in [0.15, 0.2) is 17.5 Å². The molecule has 0 saturated heterocycles. The van der Waals surface area contributed by atoms with Gasteiger partial charge in [-0.25, -0.2) is 21.6 Å². The minimum absolute atomic E-state index is 0.0692. The Morgan fingerprint density at radius 2 is 1.70 bits per heavy atom. The number of benzene rings is 2. The van der Waals surface area contributed by atoms with Gasteiger partial charge in [-0.2, -0.15) is 4.31 Å². The number of halogens is 3. The summed E-state index contributed by atoms with van der Waals surface area (Å²) in [6.07, 6.45) is 0. The number of amides is 1. The standard InChI is InChI=1S/C17H17F3N2O4S/c1-3-26-11-4-6-12(7-5-11)27(24,25)22(2)10-15(23)21-14-9-8-13(18)16(19)17(14)20/h4-9H,3,10H2,1-2H3,(H,21,23). The van der Waals surface area contributed by atoms with Crippen LogP contribution >= 0.6 is 0 Å². The van der Waals surface area contributed by atoms with Gasteiger partial charge in [0.25, 0.3) is 0 Å². The Kier molecular flexibility index (Phi) is 6.45. The van der Waals surface area contributed by atoms with Crippen molar-refractivity contribution in [2.24, 2.45) is 0 Å². The van der Waals surface area contributed by atoms with Crippen molar-refractivity contribution in [3.8, 4) is 5.75 Å². The zero-order valence-corrected chi connectivity index (χ0v) is 15.3. The molecule has 10 heteroatoms. The third-order valence-electron chi connectivity index (χ3n) is 3.52. The third kappa shape index (κ3) is 4.77. The highest BCUT2D eigenvalue weighted by molar-refractivity contribution is 7.89. The van der Waals surface area contributed by atoms with Gasteiger partial charge >= 0.3 is 0 Å². The van der Waals surface area contributed by atoms with Crippen LogP contribution < -0.4 is 10.1 Å². The summed E-state index contributed by atoms with van der Waals surface area (Å²) in [5, 5.41) is 2.01. The highest BCUT2D eigenvalue weighted by Crippen LogP contribution is 2.21. The van der Waals surface area contributed by atoms with E-state index in [-0.39, 0.29) is 4.90 Å². The molecule has 0 spiro atoms. The zero-order valence-electron chi connectivity index (χ0n) is 14.5. The quantitative estimate of drug-likeness (QED) is 0.723. The van der Waals surface area contributed by atoms with E-state index < -0.39 is 45.6 Å². The first-order valence-electron chi connectivity index (χ1n) is 7.79. The maximum atomic E-state index is 13.6. The highest BCUT2D eigenvalue weighted by Gasteiger charge is 2.24. The predicted octanol–water partition coefficient (Wildman–Crippen LogP) is 2.76. The number of nitrogens with zero attached hydrogens (tertiary/aromatic N) is 1. The first kappa shape index (κ1) is 20.7. The van der Waals surface area contributed by atoms with Gasteiger partial charge in [0.05, 0.1) is 23.7 Å². The fourth-order valence-corrected chi connectivity index (χ4v) is 3.28. The summed E-state index contributed by atoms with van der Waals surface area (Å²) < 4.78 is 70.6. The Hall–Kier alpha value is -2.59. The summed E-state index contributed by atoms with van der Waals surface area (Å²) >= 11 is 0. The molecule has 0 aliphatic heterocycles. The van der Waals surface area contributed by atoms with E-state index in [1.54, 1.807) is 6.92 Å². The average Bonchev–Trinajstić information content (AvgIpc) is 2.63. The van der Waals surface area contributed by atoms with Crippen molar-refractivity contribution in [3.05, 3.63) is 53.8 Å². The normalized spacial score (nSPS) is 11.5. The summed E-state index contributed by atoms with van der Waals surface area (Å²) in [6.45, 7) is 1.55. The Balaban J connectivity index is 2.09. The lowest BCUT2D eigenvalue weighted by atomic mass is 10.3. The number of likely N-dealkylation sites (N-methyl/N-ethyl adjacent to an activating group) is 1. The minimum atomic E-state index is -3.99. The van der Waals surface area contributed by atoms with Crippen LogP contribution in [0.25, 0.3) is 0 Å². The lowest BCUT2D eigenvalue weighted by molar-refractivity contribution is -0.116. The largest absolute Gasteiger partial charge is 0.494 e. The van der Waals surface area contributed by atoms with E-state index >= 15 is 0 Å². The summed E-state index contributed by atoms with van der Waals surface area (Å²) in [7, 11) is -2.83. The molecule has 0 bridgehead atoms. The van der Waals surface area contributed by atoms with Gasteiger partial charge in [0, 0.05) is 7.05 Å². The van der Waals surface area contributed by atoms with Crippen LogP contribution in [0.3, 0.4) is 0 Å². The van der Waals surface area contributed by atoms with Gasteiger partial charge in [-0.15, -0.1) is 0 Å². The van der Waals surface area contributed by atoms with E-state index in [4.69, 9.17) is 4.74 Å². The molecule has 0 aliphatic rings. The minimum Gasteiger partial charge on any atom is -0.494 e. The molecule has 1 amide bonds.